The summed E-state index contributed by atoms with van der Waals surface area (Å²) in [5.74, 6) is 0.197. The number of benzene rings is 1. The molecule has 24 heavy (non-hydrogen) atoms. The molecule has 126 valence electrons. The van der Waals surface area contributed by atoms with Crippen molar-refractivity contribution in [2.24, 2.45) is 0 Å². The van der Waals surface area contributed by atoms with Gasteiger partial charge in [-0.05, 0) is 38.3 Å². The van der Waals surface area contributed by atoms with Crippen LogP contribution in [0.5, 0.6) is 0 Å². The van der Waals surface area contributed by atoms with Crippen molar-refractivity contribution >= 4 is 35.3 Å². The van der Waals surface area contributed by atoms with E-state index in [9.17, 15) is 4.79 Å². The molecule has 1 saturated heterocycles. The molecular formula is C16H20N6OS. The number of hydrogen-bond acceptors (Lipinski definition) is 7. The Bertz CT molecular complexity index is 766. The van der Waals surface area contributed by atoms with Crippen molar-refractivity contribution in [3.8, 4) is 0 Å². The van der Waals surface area contributed by atoms with Crippen LogP contribution in [0.15, 0.2) is 17.3 Å². The highest BCUT2D eigenvalue weighted by molar-refractivity contribution is 8.00. The first-order chi connectivity index (χ1) is 11.3. The van der Waals surface area contributed by atoms with Crippen molar-refractivity contribution in [2.45, 2.75) is 37.6 Å². The van der Waals surface area contributed by atoms with Crippen LogP contribution >= 0.6 is 11.8 Å². The third-order valence-corrected chi connectivity index (χ3v) is 5.07. The molecule has 3 rings (SSSR count). The average Bonchev–Trinajstić information content (AvgIpc) is 2.78. The molecule has 0 aliphatic carbocycles. The summed E-state index contributed by atoms with van der Waals surface area (Å²) in [6.45, 7) is 6.81. The smallest absolute Gasteiger partial charge is 0.240 e. The highest BCUT2D eigenvalue weighted by atomic mass is 32.2. The normalized spacial score (nSPS) is 17.5. The van der Waals surface area contributed by atoms with E-state index < -0.39 is 0 Å². The Hall–Kier alpha value is -2.35. The molecule has 0 saturated carbocycles. The van der Waals surface area contributed by atoms with Crippen LogP contribution in [-0.4, -0.2) is 32.7 Å². The lowest BCUT2D eigenvalue weighted by Crippen LogP contribution is -2.29. The van der Waals surface area contributed by atoms with Gasteiger partial charge in [0.05, 0.1) is 5.25 Å². The summed E-state index contributed by atoms with van der Waals surface area (Å²) < 4.78 is 0. The van der Waals surface area contributed by atoms with Crippen molar-refractivity contribution in [3.05, 3.63) is 28.8 Å². The molecule has 0 unspecified atom stereocenters. The minimum Gasteiger partial charge on any atom is -0.368 e. The molecule has 0 radical (unpaired) electrons. The number of rotatable bonds is 3. The van der Waals surface area contributed by atoms with Crippen LogP contribution in [0.25, 0.3) is 0 Å². The number of anilines is 3. The van der Waals surface area contributed by atoms with Gasteiger partial charge in [0.25, 0.3) is 0 Å². The zero-order chi connectivity index (χ0) is 17.4. The van der Waals surface area contributed by atoms with Crippen molar-refractivity contribution in [1.82, 2.24) is 15.0 Å². The molecule has 1 aromatic heterocycles. The maximum atomic E-state index is 12.8. The number of nitrogen functional groups attached to an aromatic ring is 2. The van der Waals surface area contributed by atoms with Crippen LogP contribution in [0.1, 0.15) is 23.1 Å². The molecule has 1 fully saturated rings. The van der Waals surface area contributed by atoms with Gasteiger partial charge in [-0.3, -0.25) is 4.79 Å². The topological polar surface area (TPSA) is 111 Å². The minimum absolute atomic E-state index is 0.0626. The molecule has 1 aliphatic rings. The van der Waals surface area contributed by atoms with Crippen molar-refractivity contribution in [1.29, 1.82) is 0 Å². The summed E-state index contributed by atoms with van der Waals surface area (Å²) in [6, 6.07) is 4.20. The van der Waals surface area contributed by atoms with E-state index in [2.05, 4.69) is 34.0 Å². The summed E-state index contributed by atoms with van der Waals surface area (Å²) in [5, 5.41) is 0.142. The molecule has 4 N–H and O–H groups in total. The molecule has 0 spiro atoms. The molecule has 2 aromatic rings. The number of hydrogen-bond donors (Lipinski definition) is 2. The van der Waals surface area contributed by atoms with Crippen LogP contribution in [0, 0.1) is 20.8 Å². The summed E-state index contributed by atoms with van der Waals surface area (Å²) in [6.07, 6.45) is 0.724. The van der Waals surface area contributed by atoms with Crippen LogP contribution in [-0.2, 0) is 4.79 Å². The number of nitrogens with zero attached hydrogens (tertiary/aromatic N) is 4. The van der Waals surface area contributed by atoms with Crippen LogP contribution in [0.4, 0.5) is 17.6 Å². The maximum Gasteiger partial charge on any atom is 0.240 e. The largest absolute Gasteiger partial charge is 0.368 e. The Kier molecular flexibility index (Phi) is 4.31. The Morgan fingerprint density at radius 3 is 2.25 bits per heavy atom. The molecule has 1 atom stereocenters. The van der Waals surface area contributed by atoms with E-state index in [0.717, 1.165) is 23.2 Å². The SMILES string of the molecule is Cc1cc(C)c(N2CC[C@@H](Sc3nc(N)nc(N)n3)C2=O)c(C)c1. The number of amides is 1. The van der Waals surface area contributed by atoms with Crippen LogP contribution in [0.2, 0.25) is 0 Å². The zero-order valence-electron chi connectivity index (χ0n) is 13.9. The zero-order valence-corrected chi connectivity index (χ0v) is 14.7. The first-order valence-corrected chi connectivity index (χ1v) is 8.56. The Morgan fingerprint density at radius 1 is 1.08 bits per heavy atom. The van der Waals surface area contributed by atoms with E-state index in [1.54, 1.807) is 0 Å². The van der Waals surface area contributed by atoms with Gasteiger partial charge in [0, 0.05) is 12.2 Å². The van der Waals surface area contributed by atoms with E-state index in [1.165, 1.54) is 17.3 Å². The fraction of sp³-hybridized carbons (Fsp3) is 0.375. The van der Waals surface area contributed by atoms with E-state index in [0.29, 0.717) is 11.7 Å². The second kappa shape index (κ2) is 6.27. The molecular weight excluding hydrogens is 324 g/mol. The molecule has 1 aromatic carbocycles. The quantitative estimate of drug-likeness (QED) is 0.874. The van der Waals surface area contributed by atoms with Gasteiger partial charge in [0.15, 0.2) is 5.16 Å². The number of aryl methyl sites for hydroxylation is 3. The molecule has 2 heterocycles. The van der Waals surface area contributed by atoms with Crippen molar-refractivity contribution < 1.29 is 4.79 Å². The molecule has 0 bridgehead atoms. The predicted octanol–water partition coefficient (Wildman–Crippen LogP) is 1.86. The average molecular weight is 344 g/mol. The van der Waals surface area contributed by atoms with Crippen molar-refractivity contribution in [2.75, 3.05) is 22.9 Å². The summed E-state index contributed by atoms with van der Waals surface area (Å²) in [4.78, 5) is 26.5. The van der Waals surface area contributed by atoms with Crippen LogP contribution in [0.3, 0.4) is 0 Å². The standard InChI is InChI=1S/C16H20N6OS/c1-8-6-9(2)12(10(3)7-8)22-5-4-11(13(22)23)24-16-20-14(17)19-15(18)21-16/h6-7,11H,4-5H2,1-3H3,(H4,17,18,19,20,21)/t11-/m1/s1. The Labute approximate surface area is 144 Å². The highest BCUT2D eigenvalue weighted by Gasteiger charge is 2.35. The molecule has 7 nitrogen and oxygen atoms in total. The maximum absolute atomic E-state index is 12.8. The summed E-state index contributed by atoms with van der Waals surface area (Å²) in [5.41, 5.74) is 15.6. The number of aromatic nitrogens is 3. The second-order valence-corrected chi connectivity index (χ2v) is 7.14. The first-order valence-electron chi connectivity index (χ1n) is 7.68. The van der Waals surface area contributed by atoms with E-state index in [-0.39, 0.29) is 23.1 Å². The van der Waals surface area contributed by atoms with Crippen LogP contribution < -0.4 is 16.4 Å². The molecule has 8 heteroatoms. The van der Waals surface area contributed by atoms with Gasteiger partial charge in [-0.15, -0.1) is 0 Å². The van der Waals surface area contributed by atoms with Gasteiger partial charge in [0.2, 0.25) is 17.8 Å². The Morgan fingerprint density at radius 2 is 1.67 bits per heavy atom. The van der Waals surface area contributed by atoms with Crippen molar-refractivity contribution in [3.63, 3.8) is 0 Å². The Balaban J connectivity index is 1.83. The fourth-order valence-electron chi connectivity index (χ4n) is 3.15. The van der Waals surface area contributed by atoms with Gasteiger partial charge in [-0.1, -0.05) is 29.5 Å². The number of carbonyl (C=O) groups excluding carboxylic acids is 1. The van der Waals surface area contributed by atoms with E-state index in [1.807, 2.05) is 18.7 Å². The first kappa shape index (κ1) is 16.5. The summed E-state index contributed by atoms with van der Waals surface area (Å²) >= 11 is 1.29. The highest BCUT2D eigenvalue weighted by Crippen LogP contribution is 2.35. The molecule has 1 amide bonds. The third kappa shape index (κ3) is 3.14. The summed E-state index contributed by atoms with van der Waals surface area (Å²) in [7, 11) is 0. The lowest BCUT2D eigenvalue weighted by Gasteiger charge is -2.22. The minimum atomic E-state index is -0.244. The van der Waals surface area contributed by atoms with Gasteiger partial charge in [-0.2, -0.15) is 15.0 Å². The predicted molar refractivity (Wildman–Crippen MR) is 95.9 cm³/mol. The lowest BCUT2D eigenvalue weighted by atomic mass is 10.0. The third-order valence-electron chi connectivity index (χ3n) is 3.96. The van der Waals surface area contributed by atoms with E-state index >= 15 is 0 Å². The van der Waals surface area contributed by atoms with Gasteiger partial charge in [-0.25, -0.2) is 0 Å². The number of nitrogens with two attached hydrogens (primary N) is 2. The number of thioether (sulfide) groups is 1. The fourth-order valence-corrected chi connectivity index (χ4v) is 4.15. The van der Waals surface area contributed by atoms with Gasteiger partial charge in [0.1, 0.15) is 0 Å². The molecule has 1 aliphatic heterocycles. The van der Waals surface area contributed by atoms with Gasteiger partial charge < -0.3 is 16.4 Å². The monoisotopic (exact) mass is 344 g/mol. The second-order valence-electron chi connectivity index (χ2n) is 5.97. The lowest BCUT2D eigenvalue weighted by molar-refractivity contribution is -0.116. The van der Waals surface area contributed by atoms with E-state index in [4.69, 9.17) is 11.5 Å². The number of carbonyl (C=O) groups is 1. The van der Waals surface area contributed by atoms with Gasteiger partial charge >= 0.3 is 0 Å².